The van der Waals surface area contributed by atoms with Crippen molar-refractivity contribution in [2.24, 2.45) is 4.99 Å². The van der Waals surface area contributed by atoms with Gasteiger partial charge in [-0.25, -0.2) is 0 Å². The molecule has 0 aliphatic rings. The highest BCUT2D eigenvalue weighted by Crippen LogP contribution is 2.09. The van der Waals surface area contributed by atoms with Crippen LogP contribution in [0.15, 0.2) is 29.3 Å². The molecule has 0 saturated carbocycles. The van der Waals surface area contributed by atoms with Crippen LogP contribution in [0.5, 0.6) is 0 Å². The minimum absolute atomic E-state index is 0.484. The predicted molar refractivity (Wildman–Crippen MR) is 49.2 cm³/mol. The van der Waals surface area contributed by atoms with Gasteiger partial charge in [0, 0.05) is 18.3 Å². The van der Waals surface area contributed by atoms with Gasteiger partial charge in [-0.05, 0) is 12.1 Å². The minimum Gasteiger partial charge on any atom is -0.399 e. The summed E-state index contributed by atoms with van der Waals surface area (Å²) in [7, 11) is 1.64. The molecule has 1 aromatic carbocycles. The Kier molecular flexibility index (Phi) is 2.49. The van der Waals surface area contributed by atoms with Crippen molar-refractivity contribution in [3.63, 3.8) is 0 Å². The number of nitrogen functional groups attached to an aromatic ring is 1. The van der Waals surface area contributed by atoms with Crippen molar-refractivity contribution >= 4 is 22.5 Å². The van der Waals surface area contributed by atoms with Crippen molar-refractivity contribution in [1.82, 2.24) is 0 Å². The van der Waals surface area contributed by atoms with Gasteiger partial charge in [-0.1, -0.05) is 23.7 Å². The van der Waals surface area contributed by atoms with E-state index in [4.69, 9.17) is 17.3 Å². The van der Waals surface area contributed by atoms with Crippen LogP contribution >= 0.6 is 11.6 Å². The normalized spacial score (nSPS) is 11.6. The van der Waals surface area contributed by atoms with E-state index in [1.54, 1.807) is 13.1 Å². The highest BCUT2D eigenvalue weighted by molar-refractivity contribution is 6.69. The fraction of sp³-hybridized carbons (Fsp3) is 0.125. The SMILES string of the molecule is CN=C(Cl)c1cccc(N)c1. The molecule has 11 heavy (non-hydrogen) atoms. The molecule has 0 aliphatic carbocycles. The second-order valence-electron chi connectivity index (χ2n) is 2.14. The molecule has 3 heteroatoms. The van der Waals surface area contributed by atoms with E-state index in [-0.39, 0.29) is 0 Å². The molecule has 58 valence electrons. The van der Waals surface area contributed by atoms with Crippen molar-refractivity contribution in [2.75, 3.05) is 12.8 Å². The Morgan fingerprint density at radius 3 is 2.82 bits per heavy atom. The lowest BCUT2D eigenvalue weighted by molar-refractivity contribution is 1.45. The van der Waals surface area contributed by atoms with E-state index in [1.807, 2.05) is 18.2 Å². The highest BCUT2D eigenvalue weighted by Gasteiger charge is 1.96. The first-order valence-corrected chi connectivity index (χ1v) is 3.60. The lowest BCUT2D eigenvalue weighted by atomic mass is 10.2. The Morgan fingerprint density at radius 2 is 2.27 bits per heavy atom. The van der Waals surface area contributed by atoms with Crippen LogP contribution in [0.1, 0.15) is 5.56 Å². The van der Waals surface area contributed by atoms with Gasteiger partial charge in [-0.3, -0.25) is 4.99 Å². The Labute approximate surface area is 70.7 Å². The van der Waals surface area contributed by atoms with Crippen LogP contribution in [0.3, 0.4) is 0 Å². The van der Waals surface area contributed by atoms with Crippen molar-refractivity contribution < 1.29 is 0 Å². The van der Waals surface area contributed by atoms with Gasteiger partial charge in [0.15, 0.2) is 0 Å². The van der Waals surface area contributed by atoms with E-state index in [1.165, 1.54) is 0 Å². The monoisotopic (exact) mass is 168 g/mol. The van der Waals surface area contributed by atoms with E-state index in [9.17, 15) is 0 Å². The van der Waals surface area contributed by atoms with E-state index in [0.717, 1.165) is 5.56 Å². The first kappa shape index (κ1) is 8.08. The topological polar surface area (TPSA) is 38.4 Å². The average Bonchev–Trinajstić information content (AvgIpc) is 2.03. The number of benzene rings is 1. The molecule has 1 rings (SSSR count). The Morgan fingerprint density at radius 1 is 1.55 bits per heavy atom. The molecule has 2 nitrogen and oxygen atoms in total. The van der Waals surface area contributed by atoms with Crippen molar-refractivity contribution in [1.29, 1.82) is 0 Å². The minimum atomic E-state index is 0.484. The summed E-state index contributed by atoms with van der Waals surface area (Å²) in [5.41, 5.74) is 7.09. The van der Waals surface area contributed by atoms with Gasteiger partial charge >= 0.3 is 0 Å². The first-order chi connectivity index (χ1) is 5.24. The first-order valence-electron chi connectivity index (χ1n) is 3.22. The average molecular weight is 169 g/mol. The van der Waals surface area contributed by atoms with Crippen LogP contribution in [0, 0.1) is 0 Å². The zero-order valence-electron chi connectivity index (χ0n) is 6.21. The van der Waals surface area contributed by atoms with Crippen LogP contribution in [0.2, 0.25) is 0 Å². The van der Waals surface area contributed by atoms with Gasteiger partial charge < -0.3 is 5.73 Å². The summed E-state index contributed by atoms with van der Waals surface area (Å²) in [6.45, 7) is 0. The molecule has 0 heterocycles. The number of anilines is 1. The molecule has 0 spiro atoms. The second-order valence-corrected chi connectivity index (χ2v) is 2.50. The third-order valence-electron chi connectivity index (χ3n) is 1.32. The third-order valence-corrected chi connectivity index (χ3v) is 1.71. The summed E-state index contributed by atoms with van der Waals surface area (Å²) in [4.78, 5) is 3.83. The highest BCUT2D eigenvalue weighted by atomic mass is 35.5. The molecule has 0 amide bonds. The molecule has 0 unspecified atom stereocenters. The fourth-order valence-electron chi connectivity index (χ4n) is 0.796. The van der Waals surface area contributed by atoms with E-state index >= 15 is 0 Å². The van der Waals surface area contributed by atoms with Gasteiger partial charge in [0.25, 0.3) is 0 Å². The number of nitrogens with zero attached hydrogens (tertiary/aromatic N) is 1. The van der Waals surface area contributed by atoms with E-state index in [0.29, 0.717) is 10.9 Å². The number of hydrogen-bond donors (Lipinski definition) is 1. The molecule has 0 saturated heterocycles. The molecule has 0 radical (unpaired) electrons. The predicted octanol–water partition coefficient (Wildman–Crippen LogP) is 1.88. The Bertz CT molecular complexity index is 281. The lowest BCUT2D eigenvalue weighted by Gasteiger charge is -1.97. The number of nitrogens with two attached hydrogens (primary N) is 1. The number of hydrogen-bond acceptors (Lipinski definition) is 2. The summed E-state index contributed by atoms with van der Waals surface area (Å²) < 4.78 is 0. The molecule has 0 bridgehead atoms. The zero-order chi connectivity index (χ0) is 8.27. The van der Waals surface area contributed by atoms with E-state index < -0.39 is 0 Å². The number of rotatable bonds is 1. The summed E-state index contributed by atoms with van der Waals surface area (Å²) in [6, 6.07) is 7.31. The summed E-state index contributed by atoms with van der Waals surface area (Å²) in [5.74, 6) is 0. The number of aliphatic imine (C=N–C) groups is 1. The van der Waals surface area contributed by atoms with E-state index in [2.05, 4.69) is 4.99 Å². The quantitative estimate of drug-likeness (QED) is 0.505. The van der Waals surface area contributed by atoms with Gasteiger partial charge in [-0.15, -0.1) is 0 Å². The molecule has 0 aromatic heterocycles. The second kappa shape index (κ2) is 3.39. The largest absolute Gasteiger partial charge is 0.399 e. The molecular weight excluding hydrogens is 160 g/mol. The van der Waals surface area contributed by atoms with Crippen molar-refractivity contribution in [3.05, 3.63) is 29.8 Å². The van der Waals surface area contributed by atoms with Crippen LogP contribution in [-0.4, -0.2) is 12.2 Å². The van der Waals surface area contributed by atoms with Gasteiger partial charge in [-0.2, -0.15) is 0 Å². The summed E-state index contributed by atoms with van der Waals surface area (Å²) in [5, 5.41) is 0.484. The number of halogens is 1. The van der Waals surface area contributed by atoms with Gasteiger partial charge in [0.05, 0.1) is 0 Å². The maximum Gasteiger partial charge on any atom is 0.130 e. The Balaban J connectivity index is 3.06. The molecule has 0 aliphatic heterocycles. The maximum atomic E-state index is 5.76. The molecule has 1 aromatic rings. The summed E-state index contributed by atoms with van der Waals surface area (Å²) >= 11 is 5.76. The van der Waals surface area contributed by atoms with Crippen molar-refractivity contribution in [2.45, 2.75) is 0 Å². The van der Waals surface area contributed by atoms with Gasteiger partial charge in [0.2, 0.25) is 0 Å². The summed E-state index contributed by atoms with van der Waals surface area (Å²) in [6.07, 6.45) is 0. The molecule has 0 atom stereocenters. The third kappa shape index (κ3) is 1.95. The van der Waals surface area contributed by atoms with Gasteiger partial charge in [0.1, 0.15) is 5.17 Å². The van der Waals surface area contributed by atoms with Crippen LogP contribution < -0.4 is 5.73 Å². The van der Waals surface area contributed by atoms with Crippen LogP contribution in [0.4, 0.5) is 5.69 Å². The van der Waals surface area contributed by atoms with Crippen molar-refractivity contribution in [3.8, 4) is 0 Å². The standard InChI is InChI=1S/C8H9ClN2/c1-11-8(9)6-3-2-4-7(10)5-6/h2-5H,10H2,1H3. The maximum absolute atomic E-state index is 5.76. The molecule has 0 fully saturated rings. The molecule has 2 N–H and O–H groups in total. The fourth-order valence-corrected chi connectivity index (χ4v) is 0.914. The van der Waals surface area contributed by atoms with Crippen LogP contribution in [-0.2, 0) is 0 Å². The smallest absolute Gasteiger partial charge is 0.130 e. The Hall–Kier alpha value is -1.02. The lowest BCUT2D eigenvalue weighted by Crippen LogP contribution is -1.92. The van der Waals surface area contributed by atoms with Crippen LogP contribution in [0.25, 0.3) is 0 Å². The molecular formula is C8H9ClN2. The zero-order valence-corrected chi connectivity index (χ0v) is 6.97.